The van der Waals surface area contributed by atoms with Crippen LogP contribution in [0.1, 0.15) is 30.5 Å². The highest BCUT2D eigenvalue weighted by Crippen LogP contribution is 2.20. The van der Waals surface area contributed by atoms with Gasteiger partial charge < -0.3 is 10.2 Å². The van der Waals surface area contributed by atoms with E-state index in [1.807, 2.05) is 50.2 Å². The van der Waals surface area contributed by atoms with Gasteiger partial charge in [-0.05, 0) is 43.5 Å². The van der Waals surface area contributed by atoms with Gasteiger partial charge in [0, 0.05) is 13.6 Å². The van der Waals surface area contributed by atoms with Gasteiger partial charge in [-0.2, -0.15) is 0 Å². The predicted molar refractivity (Wildman–Crippen MR) is 123 cm³/mol. The van der Waals surface area contributed by atoms with Crippen molar-refractivity contribution in [1.82, 2.24) is 10.2 Å². The van der Waals surface area contributed by atoms with E-state index in [1.54, 1.807) is 19.1 Å². The molecular weight excluding hydrogens is 414 g/mol. The fourth-order valence-corrected chi connectivity index (χ4v) is 4.16. The average molecular weight is 446 g/mol. The number of nitrogens with one attached hydrogen (secondary N) is 1. The molecule has 0 radical (unpaired) electrons. The van der Waals surface area contributed by atoms with E-state index < -0.39 is 28.5 Å². The molecule has 1 unspecified atom stereocenters. The molecule has 0 heterocycles. The van der Waals surface area contributed by atoms with Gasteiger partial charge in [0.05, 0.1) is 11.9 Å². The van der Waals surface area contributed by atoms with Crippen LogP contribution in [0.2, 0.25) is 0 Å². The lowest BCUT2D eigenvalue weighted by atomic mass is 10.1. The second-order valence-corrected chi connectivity index (χ2v) is 9.50. The van der Waals surface area contributed by atoms with Crippen molar-refractivity contribution in [2.45, 2.75) is 39.8 Å². The van der Waals surface area contributed by atoms with Crippen LogP contribution in [0.4, 0.5) is 5.69 Å². The minimum absolute atomic E-state index is 0.196. The van der Waals surface area contributed by atoms with Gasteiger partial charge in [0.2, 0.25) is 21.8 Å². The number of benzene rings is 2. The van der Waals surface area contributed by atoms with Gasteiger partial charge in [0.15, 0.2) is 0 Å². The zero-order valence-corrected chi connectivity index (χ0v) is 19.6. The number of anilines is 1. The summed E-state index contributed by atoms with van der Waals surface area (Å²) >= 11 is 0. The van der Waals surface area contributed by atoms with E-state index in [1.165, 1.54) is 11.9 Å². The van der Waals surface area contributed by atoms with Crippen molar-refractivity contribution < 1.29 is 18.0 Å². The van der Waals surface area contributed by atoms with Crippen LogP contribution in [-0.2, 0) is 32.6 Å². The zero-order chi connectivity index (χ0) is 23.2. The van der Waals surface area contributed by atoms with Gasteiger partial charge in [-0.25, -0.2) is 8.42 Å². The number of aryl methyl sites for hydroxylation is 2. The van der Waals surface area contributed by atoms with Crippen molar-refractivity contribution in [3.05, 3.63) is 65.2 Å². The Morgan fingerprint density at radius 3 is 2.23 bits per heavy atom. The minimum atomic E-state index is -3.71. The SMILES string of the molecule is CCc1ccc(N(CC(=O)N(Cc2cccc(C)c2)C(C)C(=O)NC)S(C)(=O)=O)cc1. The second kappa shape index (κ2) is 10.4. The number of hydrogen-bond acceptors (Lipinski definition) is 4. The molecule has 2 amide bonds. The van der Waals surface area contributed by atoms with Crippen LogP contribution in [0, 0.1) is 6.92 Å². The summed E-state index contributed by atoms with van der Waals surface area (Å²) in [6.45, 7) is 5.39. The van der Waals surface area contributed by atoms with E-state index in [0.29, 0.717) is 5.69 Å². The molecule has 0 aliphatic rings. The maximum atomic E-state index is 13.3. The maximum absolute atomic E-state index is 13.3. The lowest BCUT2D eigenvalue weighted by Crippen LogP contribution is -2.50. The van der Waals surface area contributed by atoms with Crippen LogP contribution < -0.4 is 9.62 Å². The molecule has 1 atom stereocenters. The maximum Gasteiger partial charge on any atom is 0.244 e. The first-order valence-electron chi connectivity index (χ1n) is 10.2. The number of likely N-dealkylation sites (N-methyl/N-ethyl adjacent to an activating group) is 1. The normalized spacial score (nSPS) is 12.2. The summed E-state index contributed by atoms with van der Waals surface area (Å²) in [6, 6.07) is 14.0. The number of nitrogens with zero attached hydrogens (tertiary/aromatic N) is 2. The van der Waals surface area contributed by atoms with Crippen molar-refractivity contribution in [3.8, 4) is 0 Å². The lowest BCUT2D eigenvalue weighted by molar-refractivity contribution is -0.139. The zero-order valence-electron chi connectivity index (χ0n) is 18.8. The minimum Gasteiger partial charge on any atom is -0.357 e. The van der Waals surface area contributed by atoms with Gasteiger partial charge in [-0.1, -0.05) is 48.9 Å². The Morgan fingerprint density at radius 1 is 1.06 bits per heavy atom. The Bertz CT molecular complexity index is 1020. The third kappa shape index (κ3) is 6.55. The van der Waals surface area contributed by atoms with Crippen molar-refractivity contribution in [2.75, 3.05) is 24.2 Å². The quantitative estimate of drug-likeness (QED) is 0.642. The molecule has 0 aliphatic heterocycles. The Labute approximate surface area is 185 Å². The fourth-order valence-electron chi connectivity index (χ4n) is 3.31. The predicted octanol–water partition coefficient (Wildman–Crippen LogP) is 2.49. The molecule has 0 bridgehead atoms. The molecule has 7 nitrogen and oxygen atoms in total. The van der Waals surface area contributed by atoms with Crippen molar-refractivity contribution >= 4 is 27.5 Å². The van der Waals surface area contributed by atoms with Crippen molar-refractivity contribution in [1.29, 1.82) is 0 Å². The van der Waals surface area contributed by atoms with Crippen LogP contribution in [-0.4, -0.2) is 51.0 Å². The van der Waals surface area contributed by atoms with E-state index in [4.69, 9.17) is 0 Å². The molecular formula is C23H31N3O4S. The third-order valence-electron chi connectivity index (χ3n) is 5.16. The first-order valence-corrected chi connectivity index (χ1v) is 12.0. The molecule has 0 saturated carbocycles. The van der Waals surface area contributed by atoms with Crippen LogP contribution in [0.15, 0.2) is 48.5 Å². The number of sulfonamides is 1. The van der Waals surface area contributed by atoms with Crippen LogP contribution in [0.3, 0.4) is 0 Å². The molecule has 0 aliphatic carbocycles. The Balaban J connectivity index is 2.36. The van der Waals surface area contributed by atoms with E-state index >= 15 is 0 Å². The highest BCUT2D eigenvalue weighted by molar-refractivity contribution is 7.92. The molecule has 2 rings (SSSR count). The Kier molecular flexibility index (Phi) is 8.21. The van der Waals surface area contributed by atoms with Gasteiger partial charge in [0.1, 0.15) is 12.6 Å². The number of rotatable bonds is 9. The molecule has 0 saturated heterocycles. The summed E-state index contributed by atoms with van der Waals surface area (Å²) in [5.74, 6) is -0.776. The number of amides is 2. The standard InChI is InChI=1S/C23H31N3O4S/c1-6-19-10-12-21(13-11-19)26(31(5,29)30)16-22(27)25(18(3)23(28)24-4)15-20-9-7-8-17(2)14-20/h7-14,18H,6,15-16H2,1-5H3,(H,24,28). The molecule has 1 N–H and O–H groups in total. The number of hydrogen-bond donors (Lipinski definition) is 1. The molecule has 0 fully saturated rings. The average Bonchev–Trinajstić information content (AvgIpc) is 2.74. The van der Waals surface area contributed by atoms with Gasteiger partial charge in [-0.15, -0.1) is 0 Å². The van der Waals surface area contributed by atoms with E-state index in [2.05, 4.69) is 5.32 Å². The summed E-state index contributed by atoms with van der Waals surface area (Å²) in [5.41, 5.74) is 3.38. The highest BCUT2D eigenvalue weighted by atomic mass is 32.2. The Morgan fingerprint density at radius 2 is 1.71 bits per heavy atom. The lowest BCUT2D eigenvalue weighted by Gasteiger charge is -2.31. The van der Waals surface area contributed by atoms with Gasteiger partial charge >= 0.3 is 0 Å². The van der Waals surface area contributed by atoms with Gasteiger partial charge in [0.25, 0.3) is 0 Å². The monoisotopic (exact) mass is 445 g/mol. The number of carbonyl (C=O) groups excluding carboxylic acids is 2. The highest BCUT2D eigenvalue weighted by Gasteiger charge is 2.29. The third-order valence-corrected chi connectivity index (χ3v) is 6.30. The molecule has 0 aromatic heterocycles. The van der Waals surface area contributed by atoms with Crippen molar-refractivity contribution in [3.63, 3.8) is 0 Å². The molecule has 2 aromatic carbocycles. The van der Waals surface area contributed by atoms with Gasteiger partial charge in [-0.3, -0.25) is 13.9 Å². The van der Waals surface area contributed by atoms with Crippen LogP contribution >= 0.6 is 0 Å². The molecule has 0 spiro atoms. The first kappa shape index (κ1) is 24.4. The largest absolute Gasteiger partial charge is 0.357 e. The van der Waals surface area contributed by atoms with Crippen LogP contribution in [0.5, 0.6) is 0 Å². The topological polar surface area (TPSA) is 86.8 Å². The summed E-state index contributed by atoms with van der Waals surface area (Å²) in [7, 11) is -2.21. The second-order valence-electron chi connectivity index (χ2n) is 7.59. The van der Waals surface area contributed by atoms with E-state index in [0.717, 1.165) is 33.7 Å². The molecule has 168 valence electrons. The summed E-state index contributed by atoms with van der Waals surface area (Å²) < 4.78 is 26.0. The molecule has 8 heteroatoms. The summed E-state index contributed by atoms with van der Waals surface area (Å²) in [5, 5.41) is 2.56. The van der Waals surface area contributed by atoms with Crippen molar-refractivity contribution in [2.24, 2.45) is 0 Å². The fraction of sp³-hybridized carbons (Fsp3) is 0.391. The Hall–Kier alpha value is -2.87. The first-order chi connectivity index (χ1) is 14.6. The van der Waals surface area contributed by atoms with E-state index in [-0.39, 0.29) is 12.5 Å². The summed E-state index contributed by atoms with van der Waals surface area (Å²) in [4.78, 5) is 27.0. The smallest absolute Gasteiger partial charge is 0.244 e. The number of carbonyl (C=O) groups is 2. The van der Waals surface area contributed by atoms with E-state index in [9.17, 15) is 18.0 Å². The van der Waals surface area contributed by atoms with Crippen LogP contribution in [0.25, 0.3) is 0 Å². The summed E-state index contributed by atoms with van der Waals surface area (Å²) in [6.07, 6.45) is 1.90. The molecule has 2 aromatic rings. The molecule has 31 heavy (non-hydrogen) atoms.